The van der Waals surface area contributed by atoms with Crippen LogP contribution in [0.3, 0.4) is 0 Å². The molecule has 3 aromatic rings. The zero-order valence-corrected chi connectivity index (χ0v) is 15.9. The molecule has 0 heterocycles. The number of ether oxygens (including phenoxy) is 1. The number of hydrogen-bond donors (Lipinski definition) is 2. The number of carbonyl (C=O) groups excluding carboxylic acids is 2. The van der Waals surface area contributed by atoms with Crippen molar-refractivity contribution in [3.63, 3.8) is 0 Å². The second kappa shape index (κ2) is 9.00. The van der Waals surface area contributed by atoms with Gasteiger partial charge in [0.1, 0.15) is 5.75 Å². The average molecular weight is 425 g/mol. The van der Waals surface area contributed by atoms with Crippen molar-refractivity contribution < 1.29 is 14.3 Å². The lowest BCUT2D eigenvalue weighted by atomic mass is 10.1. The number of halogens is 1. The second-order valence-electron chi connectivity index (χ2n) is 5.67. The van der Waals surface area contributed by atoms with Crippen LogP contribution in [0.5, 0.6) is 5.75 Å². The van der Waals surface area contributed by atoms with Crippen molar-refractivity contribution >= 4 is 44.6 Å². The van der Waals surface area contributed by atoms with Crippen LogP contribution in [-0.4, -0.2) is 18.4 Å². The van der Waals surface area contributed by atoms with Crippen LogP contribution in [0.15, 0.2) is 77.3 Å². The van der Waals surface area contributed by atoms with E-state index in [0.29, 0.717) is 5.75 Å². The van der Waals surface area contributed by atoms with Gasteiger partial charge in [0.25, 0.3) is 11.8 Å². The standard InChI is InChI=1S/C21H17BrN2O3/c22-21-17-9-5-4-8-16(17)11-12-18(21)27-14-20(26)24-23-19(25)13-10-15-6-2-1-3-7-15/h1-13H,14H2,(H,23,25)(H,24,26). The smallest absolute Gasteiger partial charge is 0.276 e. The Kier molecular flexibility index (Phi) is 6.22. The predicted molar refractivity (Wildman–Crippen MR) is 109 cm³/mol. The third kappa shape index (κ3) is 5.18. The van der Waals surface area contributed by atoms with Crippen LogP contribution in [0.1, 0.15) is 5.56 Å². The van der Waals surface area contributed by atoms with Crippen LogP contribution in [0, 0.1) is 0 Å². The van der Waals surface area contributed by atoms with Gasteiger partial charge >= 0.3 is 0 Å². The molecule has 0 radical (unpaired) electrons. The number of amides is 2. The van der Waals surface area contributed by atoms with Gasteiger partial charge in [0.05, 0.1) is 4.47 Å². The molecule has 0 atom stereocenters. The Morgan fingerprint density at radius 3 is 2.48 bits per heavy atom. The summed E-state index contributed by atoms with van der Waals surface area (Å²) in [6.45, 7) is -0.223. The molecule has 0 aliphatic heterocycles. The quantitative estimate of drug-likeness (QED) is 0.482. The number of hydrazine groups is 1. The van der Waals surface area contributed by atoms with E-state index in [4.69, 9.17) is 4.74 Å². The minimum absolute atomic E-state index is 0.223. The Balaban J connectivity index is 1.49. The lowest BCUT2D eigenvalue weighted by molar-refractivity contribution is -0.128. The highest BCUT2D eigenvalue weighted by Crippen LogP contribution is 2.32. The van der Waals surface area contributed by atoms with E-state index in [1.807, 2.05) is 60.7 Å². The Bertz CT molecular complexity index is 987. The summed E-state index contributed by atoms with van der Waals surface area (Å²) in [4.78, 5) is 23.6. The van der Waals surface area contributed by atoms with Gasteiger partial charge in [0.2, 0.25) is 0 Å². The Morgan fingerprint density at radius 1 is 0.926 bits per heavy atom. The average Bonchev–Trinajstić information content (AvgIpc) is 2.71. The van der Waals surface area contributed by atoms with E-state index in [9.17, 15) is 9.59 Å². The van der Waals surface area contributed by atoms with Crippen molar-refractivity contribution in [3.05, 3.63) is 82.8 Å². The second-order valence-corrected chi connectivity index (χ2v) is 6.46. The molecule has 3 aromatic carbocycles. The van der Waals surface area contributed by atoms with E-state index in [1.54, 1.807) is 12.1 Å². The van der Waals surface area contributed by atoms with Crippen LogP contribution < -0.4 is 15.6 Å². The summed E-state index contributed by atoms with van der Waals surface area (Å²) < 4.78 is 6.32. The molecule has 0 unspecified atom stereocenters. The Hall–Kier alpha value is -3.12. The first-order valence-electron chi connectivity index (χ1n) is 8.25. The van der Waals surface area contributed by atoms with E-state index >= 15 is 0 Å². The van der Waals surface area contributed by atoms with E-state index in [2.05, 4.69) is 26.8 Å². The highest BCUT2D eigenvalue weighted by atomic mass is 79.9. The van der Waals surface area contributed by atoms with Gasteiger partial charge in [-0.05, 0) is 44.4 Å². The van der Waals surface area contributed by atoms with Crippen LogP contribution >= 0.6 is 15.9 Å². The summed E-state index contributed by atoms with van der Waals surface area (Å²) >= 11 is 3.50. The van der Waals surface area contributed by atoms with E-state index in [-0.39, 0.29) is 6.61 Å². The fourth-order valence-corrected chi connectivity index (χ4v) is 3.02. The predicted octanol–water partition coefficient (Wildman–Crippen LogP) is 3.84. The first kappa shape index (κ1) is 18.7. The van der Waals surface area contributed by atoms with Gasteiger partial charge in [-0.3, -0.25) is 20.4 Å². The molecule has 27 heavy (non-hydrogen) atoms. The fraction of sp³-hybridized carbons (Fsp3) is 0.0476. The van der Waals surface area contributed by atoms with E-state index < -0.39 is 11.8 Å². The van der Waals surface area contributed by atoms with Crippen LogP contribution in [0.25, 0.3) is 16.8 Å². The first-order chi connectivity index (χ1) is 13.1. The number of benzene rings is 3. The van der Waals surface area contributed by atoms with Gasteiger partial charge in [-0.15, -0.1) is 0 Å². The molecule has 0 aliphatic rings. The molecule has 0 saturated carbocycles. The molecule has 5 nitrogen and oxygen atoms in total. The Labute approximate surface area is 165 Å². The van der Waals surface area contributed by atoms with Crippen molar-refractivity contribution in [1.29, 1.82) is 0 Å². The van der Waals surface area contributed by atoms with Crippen LogP contribution in [0.4, 0.5) is 0 Å². The van der Waals surface area contributed by atoms with Gasteiger partial charge in [-0.25, -0.2) is 0 Å². The number of fused-ring (bicyclic) bond motifs is 1. The van der Waals surface area contributed by atoms with Gasteiger partial charge in [0.15, 0.2) is 6.61 Å². The summed E-state index contributed by atoms with van der Waals surface area (Å²) in [5.74, 6) is -0.338. The molecule has 2 N–H and O–H groups in total. The largest absolute Gasteiger partial charge is 0.483 e. The number of carbonyl (C=O) groups is 2. The van der Waals surface area contributed by atoms with E-state index in [1.165, 1.54) is 6.08 Å². The van der Waals surface area contributed by atoms with Crippen molar-refractivity contribution in [2.75, 3.05) is 6.61 Å². The topological polar surface area (TPSA) is 67.4 Å². The molecule has 0 spiro atoms. The molecule has 2 amide bonds. The summed E-state index contributed by atoms with van der Waals surface area (Å²) in [5, 5.41) is 2.06. The van der Waals surface area contributed by atoms with Gasteiger partial charge in [-0.2, -0.15) is 0 Å². The third-order valence-corrected chi connectivity index (χ3v) is 4.56. The molecular formula is C21H17BrN2O3. The normalized spacial score (nSPS) is 10.7. The SMILES string of the molecule is O=C(C=Cc1ccccc1)NNC(=O)COc1ccc2ccccc2c1Br. The van der Waals surface area contributed by atoms with Crippen LogP contribution in [-0.2, 0) is 9.59 Å². The zero-order chi connectivity index (χ0) is 19.1. The summed E-state index contributed by atoms with van der Waals surface area (Å²) in [7, 11) is 0. The maximum atomic E-state index is 11.9. The van der Waals surface area contributed by atoms with Crippen molar-refractivity contribution in [3.8, 4) is 5.75 Å². The number of nitrogens with one attached hydrogen (secondary N) is 2. The highest BCUT2D eigenvalue weighted by molar-refractivity contribution is 9.10. The summed E-state index contributed by atoms with van der Waals surface area (Å²) in [6.07, 6.45) is 3.00. The molecule has 0 saturated heterocycles. The van der Waals surface area contributed by atoms with E-state index in [0.717, 1.165) is 20.8 Å². The Morgan fingerprint density at radius 2 is 1.67 bits per heavy atom. The zero-order valence-electron chi connectivity index (χ0n) is 14.3. The molecule has 0 aromatic heterocycles. The minimum atomic E-state index is -0.462. The van der Waals surface area contributed by atoms with Crippen LogP contribution in [0.2, 0.25) is 0 Å². The third-order valence-electron chi connectivity index (χ3n) is 3.74. The molecule has 0 bridgehead atoms. The molecule has 6 heteroatoms. The lowest BCUT2D eigenvalue weighted by Crippen LogP contribution is -2.43. The molecular weight excluding hydrogens is 408 g/mol. The number of rotatable bonds is 5. The fourth-order valence-electron chi connectivity index (χ4n) is 2.41. The van der Waals surface area contributed by atoms with Gasteiger partial charge < -0.3 is 4.74 Å². The molecule has 0 fully saturated rings. The van der Waals surface area contributed by atoms with Crippen molar-refractivity contribution in [1.82, 2.24) is 10.9 Å². The maximum Gasteiger partial charge on any atom is 0.276 e. The minimum Gasteiger partial charge on any atom is -0.483 e. The highest BCUT2D eigenvalue weighted by Gasteiger charge is 2.09. The van der Waals surface area contributed by atoms with Crippen molar-refractivity contribution in [2.45, 2.75) is 0 Å². The van der Waals surface area contributed by atoms with Crippen molar-refractivity contribution in [2.24, 2.45) is 0 Å². The number of hydrogen-bond acceptors (Lipinski definition) is 3. The monoisotopic (exact) mass is 424 g/mol. The lowest BCUT2D eigenvalue weighted by Gasteiger charge is -2.10. The summed E-state index contributed by atoms with van der Waals surface area (Å²) in [5.41, 5.74) is 5.52. The summed E-state index contributed by atoms with van der Waals surface area (Å²) in [6, 6.07) is 21.0. The molecule has 136 valence electrons. The van der Waals surface area contributed by atoms with Gasteiger partial charge in [-0.1, -0.05) is 60.7 Å². The molecule has 3 rings (SSSR count). The van der Waals surface area contributed by atoms with Gasteiger partial charge in [0, 0.05) is 6.08 Å². The maximum absolute atomic E-state index is 11.9. The first-order valence-corrected chi connectivity index (χ1v) is 9.05. The molecule has 0 aliphatic carbocycles.